The van der Waals surface area contributed by atoms with E-state index in [9.17, 15) is 18.3 Å². The molecule has 0 saturated heterocycles. The van der Waals surface area contributed by atoms with Crippen molar-refractivity contribution < 1.29 is 27.8 Å². The van der Waals surface area contributed by atoms with Crippen LogP contribution in [0.15, 0.2) is 54.6 Å². The second-order valence-corrected chi connectivity index (χ2v) is 6.78. The molecule has 6 nitrogen and oxygen atoms in total. The van der Waals surface area contributed by atoms with E-state index in [0.717, 1.165) is 5.57 Å². The predicted molar refractivity (Wildman–Crippen MR) is 111 cm³/mol. The molecule has 3 N–H and O–H groups in total. The maximum atomic E-state index is 13.9. The molecule has 9 heteroatoms. The number of nitrogens with zero attached hydrogens (tertiary/aromatic N) is 2. The van der Waals surface area contributed by atoms with Crippen molar-refractivity contribution in [2.75, 3.05) is 19.5 Å². The number of aromatic nitrogens is 2. The highest BCUT2D eigenvalue weighted by atomic mass is 19.4. The summed E-state index contributed by atoms with van der Waals surface area (Å²) in [5, 5.41) is 10.6. The molecule has 3 rings (SSSR count). The fraction of sp³-hybridized carbons (Fsp3) is 0.182. The molecule has 0 spiro atoms. The van der Waals surface area contributed by atoms with Crippen LogP contribution in [0, 0.1) is 0 Å². The number of halogens is 3. The molecule has 0 bridgehead atoms. The fourth-order valence-electron chi connectivity index (χ4n) is 2.99. The van der Waals surface area contributed by atoms with Crippen LogP contribution in [0.25, 0.3) is 22.4 Å². The minimum Gasteiger partial charge on any atom is -0.507 e. The molecule has 31 heavy (non-hydrogen) atoms. The lowest BCUT2D eigenvalue weighted by Gasteiger charge is -2.19. The summed E-state index contributed by atoms with van der Waals surface area (Å²) in [6, 6.07) is 10.4. The number of ether oxygens (including phenoxy) is 2. The van der Waals surface area contributed by atoms with Crippen LogP contribution in [-0.2, 0) is 6.18 Å². The van der Waals surface area contributed by atoms with E-state index < -0.39 is 17.8 Å². The van der Waals surface area contributed by atoms with E-state index in [1.807, 2.05) is 0 Å². The number of para-hydroxylation sites is 1. The highest BCUT2D eigenvalue weighted by Crippen LogP contribution is 2.46. The topological polar surface area (TPSA) is 90.5 Å². The number of anilines is 1. The maximum Gasteiger partial charge on any atom is 0.434 e. The zero-order valence-corrected chi connectivity index (χ0v) is 16.8. The van der Waals surface area contributed by atoms with Crippen molar-refractivity contribution in [2.24, 2.45) is 0 Å². The molecule has 0 fully saturated rings. The number of methoxy groups -OCH3 is 1. The molecular formula is C22H20F3N3O3. The first-order chi connectivity index (χ1) is 14.6. The van der Waals surface area contributed by atoms with E-state index >= 15 is 0 Å². The van der Waals surface area contributed by atoms with E-state index in [-0.39, 0.29) is 40.5 Å². The number of aromatic hydroxyl groups is 1. The van der Waals surface area contributed by atoms with Gasteiger partial charge in [0, 0.05) is 22.8 Å². The minimum atomic E-state index is -4.83. The average Bonchev–Trinajstić information content (AvgIpc) is 2.71. The van der Waals surface area contributed by atoms with Gasteiger partial charge in [-0.15, -0.1) is 0 Å². The molecule has 0 saturated carbocycles. The van der Waals surface area contributed by atoms with Gasteiger partial charge < -0.3 is 20.3 Å². The Kier molecular flexibility index (Phi) is 6.05. The Morgan fingerprint density at radius 2 is 1.84 bits per heavy atom. The van der Waals surface area contributed by atoms with E-state index in [4.69, 9.17) is 15.2 Å². The normalized spacial score (nSPS) is 11.3. The van der Waals surface area contributed by atoms with Crippen LogP contribution in [0.5, 0.6) is 17.2 Å². The van der Waals surface area contributed by atoms with E-state index in [1.165, 1.54) is 37.4 Å². The van der Waals surface area contributed by atoms with Crippen LogP contribution in [0.2, 0.25) is 0 Å². The van der Waals surface area contributed by atoms with Crippen LogP contribution >= 0.6 is 0 Å². The number of nitrogens with two attached hydrogens (primary N) is 1. The van der Waals surface area contributed by atoms with Crippen LogP contribution in [0.4, 0.5) is 19.1 Å². The van der Waals surface area contributed by atoms with Gasteiger partial charge in [0.2, 0.25) is 5.95 Å². The molecule has 0 atom stereocenters. The standard InChI is InChI=1S/C22H20F3N3O3/c1-12(2)11-31-13-8-9-14(16(29)10-13)19-18(15-6-4-5-7-17(15)30-3)20(22(23,24)25)28-21(26)27-19/h4-10,29H,1,11H2,2-3H3,(H2,26,27,28). The maximum absolute atomic E-state index is 13.9. The van der Waals surface area contributed by atoms with Crippen LogP contribution in [-0.4, -0.2) is 28.8 Å². The van der Waals surface area contributed by atoms with Crippen molar-refractivity contribution >= 4 is 5.95 Å². The van der Waals surface area contributed by atoms with Gasteiger partial charge in [0.1, 0.15) is 23.9 Å². The summed E-state index contributed by atoms with van der Waals surface area (Å²) < 4.78 is 52.4. The first-order valence-electron chi connectivity index (χ1n) is 9.10. The van der Waals surface area contributed by atoms with Crippen LogP contribution < -0.4 is 15.2 Å². The lowest BCUT2D eigenvalue weighted by atomic mass is 9.96. The summed E-state index contributed by atoms with van der Waals surface area (Å²) in [5.74, 6) is -0.408. The Morgan fingerprint density at radius 3 is 2.45 bits per heavy atom. The number of benzene rings is 2. The van der Waals surface area contributed by atoms with Crippen molar-refractivity contribution in [3.8, 4) is 39.6 Å². The third-order valence-electron chi connectivity index (χ3n) is 4.28. The monoisotopic (exact) mass is 431 g/mol. The number of hydrogen-bond acceptors (Lipinski definition) is 6. The second kappa shape index (κ2) is 8.55. The SMILES string of the molecule is C=C(C)COc1ccc(-c2nc(N)nc(C(F)(F)F)c2-c2ccccc2OC)c(O)c1. The first-order valence-corrected chi connectivity index (χ1v) is 9.10. The zero-order valence-electron chi connectivity index (χ0n) is 16.8. The quantitative estimate of drug-likeness (QED) is 0.529. The smallest absolute Gasteiger partial charge is 0.434 e. The summed E-state index contributed by atoms with van der Waals surface area (Å²) in [6.45, 7) is 5.72. The van der Waals surface area contributed by atoms with Crippen molar-refractivity contribution in [2.45, 2.75) is 13.1 Å². The molecule has 2 aromatic carbocycles. The Balaban J connectivity index is 2.28. The van der Waals surface area contributed by atoms with Gasteiger partial charge in [-0.05, 0) is 30.7 Å². The molecule has 0 aliphatic rings. The van der Waals surface area contributed by atoms with Gasteiger partial charge in [-0.1, -0.05) is 24.8 Å². The largest absolute Gasteiger partial charge is 0.507 e. The van der Waals surface area contributed by atoms with Gasteiger partial charge in [0.05, 0.1) is 12.8 Å². The Hall–Kier alpha value is -3.75. The molecule has 0 amide bonds. The second-order valence-electron chi connectivity index (χ2n) is 6.78. The molecule has 162 valence electrons. The molecule has 0 radical (unpaired) electrons. The molecule has 3 aromatic rings. The van der Waals surface area contributed by atoms with Crippen molar-refractivity contribution in [1.29, 1.82) is 0 Å². The number of phenolic OH excluding ortho intramolecular Hbond substituents is 1. The zero-order chi connectivity index (χ0) is 22.8. The van der Waals surface area contributed by atoms with E-state index in [0.29, 0.717) is 5.75 Å². The summed E-state index contributed by atoms with van der Waals surface area (Å²) in [7, 11) is 1.34. The van der Waals surface area contributed by atoms with Gasteiger partial charge in [0.25, 0.3) is 0 Å². The van der Waals surface area contributed by atoms with Gasteiger partial charge in [0.15, 0.2) is 5.69 Å². The molecule has 0 aliphatic heterocycles. The third kappa shape index (κ3) is 4.71. The molecule has 1 heterocycles. The lowest BCUT2D eigenvalue weighted by molar-refractivity contribution is -0.140. The van der Waals surface area contributed by atoms with Gasteiger partial charge >= 0.3 is 6.18 Å². The fourth-order valence-corrected chi connectivity index (χ4v) is 2.99. The lowest BCUT2D eigenvalue weighted by Crippen LogP contribution is -2.14. The van der Waals surface area contributed by atoms with E-state index in [1.54, 1.807) is 19.1 Å². The van der Waals surface area contributed by atoms with Gasteiger partial charge in [-0.25, -0.2) is 9.97 Å². The van der Waals surface area contributed by atoms with Crippen LogP contribution in [0.1, 0.15) is 12.6 Å². The summed E-state index contributed by atoms with van der Waals surface area (Å²) in [6.07, 6.45) is -4.83. The minimum absolute atomic E-state index is 0.0307. The Labute approximate surface area is 176 Å². The average molecular weight is 431 g/mol. The predicted octanol–water partition coefficient (Wildman–Crippen LogP) is 5.08. The molecule has 0 unspecified atom stereocenters. The van der Waals surface area contributed by atoms with Crippen molar-refractivity contribution in [3.63, 3.8) is 0 Å². The first kappa shape index (κ1) is 21.9. The van der Waals surface area contributed by atoms with Crippen molar-refractivity contribution in [1.82, 2.24) is 9.97 Å². The van der Waals surface area contributed by atoms with Crippen molar-refractivity contribution in [3.05, 3.63) is 60.3 Å². The number of rotatable bonds is 6. The Bertz CT molecular complexity index is 1130. The van der Waals surface area contributed by atoms with Gasteiger partial charge in [-0.2, -0.15) is 13.2 Å². The number of nitrogen functional groups attached to an aromatic ring is 1. The molecule has 1 aromatic heterocycles. The number of hydrogen-bond donors (Lipinski definition) is 2. The Morgan fingerprint density at radius 1 is 1.13 bits per heavy atom. The number of phenols is 1. The summed E-state index contributed by atoms with van der Waals surface area (Å²) in [5.41, 5.74) is 4.73. The summed E-state index contributed by atoms with van der Waals surface area (Å²) in [4.78, 5) is 7.48. The highest BCUT2D eigenvalue weighted by molar-refractivity contribution is 5.88. The third-order valence-corrected chi connectivity index (χ3v) is 4.28. The van der Waals surface area contributed by atoms with E-state index in [2.05, 4.69) is 16.5 Å². The van der Waals surface area contributed by atoms with Gasteiger partial charge in [-0.3, -0.25) is 0 Å². The summed E-state index contributed by atoms with van der Waals surface area (Å²) >= 11 is 0. The highest BCUT2D eigenvalue weighted by Gasteiger charge is 2.39. The van der Waals surface area contributed by atoms with Crippen LogP contribution in [0.3, 0.4) is 0 Å². The molecule has 0 aliphatic carbocycles. The molecular weight excluding hydrogens is 411 g/mol. The number of alkyl halides is 3.